The average Bonchev–Trinajstić information content (AvgIpc) is 3.22. The van der Waals surface area contributed by atoms with Crippen molar-refractivity contribution in [1.29, 1.82) is 0 Å². The highest BCUT2D eigenvalue weighted by molar-refractivity contribution is 5.92. The SMILES string of the molecule is Cc1cccc(C2CCc3nc(C(=O)N4CCN(c5ccccc5F)CC4)cn3C2)c1. The highest BCUT2D eigenvalue weighted by Crippen LogP contribution is 2.29. The normalized spacial score (nSPS) is 18.7. The van der Waals surface area contributed by atoms with Gasteiger partial charge in [0.15, 0.2) is 0 Å². The number of anilines is 1. The molecule has 3 heterocycles. The molecule has 31 heavy (non-hydrogen) atoms. The molecule has 0 aliphatic carbocycles. The molecule has 2 aliphatic rings. The van der Waals surface area contributed by atoms with Crippen LogP contribution >= 0.6 is 0 Å². The lowest BCUT2D eigenvalue weighted by molar-refractivity contribution is 0.0741. The minimum absolute atomic E-state index is 0.0258. The molecule has 0 spiro atoms. The zero-order valence-electron chi connectivity index (χ0n) is 17.8. The third-order valence-electron chi connectivity index (χ3n) is 6.49. The van der Waals surface area contributed by atoms with Crippen molar-refractivity contribution in [3.63, 3.8) is 0 Å². The summed E-state index contributed by atoms with van der Waals surface area (Å²) < 4.78 is 16.2. The summed E-state index contributed by atoms with van der Waals surface area (Å²) in [6, 6.07) is 15.5. The Balaban J connectivity index is 1.25. The van der Waals surface area contributed by atoms with Crippen LogP contribution in [0.2, 0.25) is 0 Å². The lowest BCUT2D eigenvalue weighted by atomic mass is 9.91. The number of piperazine rings is 1. The van der Waals surface area contributed by atoms with Crippen molar-refractivity contribution in [3.8, 4) is 0 Å². The Hall–Kier alpha value is -3.15. The van der Waals surface area contributed by atoms with Crippen LogP contribution in [-0.4, -0.2) is 46.5 Å². The van der Waals surface area contributed by atoms with Crippen molar-refractivity contribution < 1.29 is 9.18 Å². The second kappa shape index (κ2) is 8.17. The van der Waals surface area contributed by atoms with Gasteiger partial charge in [-0.15, -0.1) is 0 Å². The molecule has 160 valence electrons. The number of para-hydroxylation sites is 1. The summed E-state index contributed by atoms with van der Waals surface area (Å²) in [5.74, 6) is 1.21. The molecule has 0 N–H and O–H groups in total. The molecule has 1 amide bonds. The number of hydrogen-bond donors (Lipinski definition) is 0. The maximum Gasteiger partial charge on any atom is 0.274 e. The van der Waals surface area contributed by atoms with Crippen molar-refractivity contribution in [2.75, 3.05) is 31.1 Å². The van der Waals surface area contributed by atoms with Crippen LogP contribution in [0.5, 0.6) is 0 Å². The molecule has 3 aromatic rings. The van der Waals surface area contributed by atoms with E-state index in [9.17, 15) is 9.18 Å². The van der Waals surface area contributed by atoms with Gasteiger partial charge in [0, 0.05) is 51.3 Å². The van der Waals surface area contributed by atoms with E-state index in [1.807, 2.05) is 22.1 Å². The number of carbonyl (C=O) groups is 1. The maximum absolute atomic E-state index is 14.1. The van der Waals surface area contributed by atoms with Crippen LogP contribution in [0, 0.1) is 12.7 Å². The molecule has 0 bridgehead atoms. The van der Waals surface area contributed by atoms with Gasteiger partial charge < -0.3 is 14.4 Å². The van der Waals surface area contributed by atoms with Gasteiger partial charge in [-0.25, -0.2) is 9.37 Å². The number of halogens is 1. The fourth-order valence-electron chi connectivity index (χ4n) is 4.76. The highest BCUT2D eigenvalue weighted by atomic mass is 19.1. The summed E-state index contributed by atoms with van der Waals surface area (Å²) >= 11 is 0. The van der Waals surface area contributed by atoms with Gasteiger partial charge >= 0.3 is 0 Å². The van der Waals surface area contributed by atoms with Gasteiger partial charge in [-0.2, -0.15) is 0 Å². The predicted molar refractivity (Wildman–Crippen MR) is 119 cm³/mol. The number of imidazole rings is 1. The molecule has 2 aliphatic heterocycles. The summed E-state index contributed by atoms with van der Waals surface area (Å²) in [6.45, 7) is 5.37. The number of benzene rings is 2. The molecule has 2 aromatic carbocycles. The van der Waals surface area contributed by atoms with Crippen molar-refractivity contribution in [2.24, 2.45) is 0 Å². The molecule has 5 nitrogen and oxygen atoms in total. The first kappa shape index (κ1) is 19.8. The maximum atomic E-state index is 14.1. The van der Waals surface area contributed by atoms with Crippen LogP contribution in [-0.2, 0) is 13.0 Å². The van der Waals surface area contributed by atoms with E-state index in [1.165, 1.54) is 17.2 Å². The standard InChI is InChI=1S/C25H27FN4O/c1-18-5-4-6-19(15-18)20-9-10-24-27-22(17-30(24)16-20)25(31)29-13-11-28(12-14-29)23-8-3-2-7-21(23)26/h2-8,15,17,20H,9-14,16H2,1H3. The van der Waals surface area contributed by atoms with E-state index in [0.29, 0.717) is 43.5 Å². The van der Waals surface area contributed by atoms with Crippen molar-refractivity contribution in [3.05, 3.63) is 83.2 Å². The molecule has 5 rings (SSSR count). The molecule has 1 fully saturated rings. The Morgan fingerprint density at radius 1 is 1.06 bits per heavy atom. The smallest absolute Gasteiger partial charge is 0.274 e. The van der Waals surface area contributed by atoms with Crippen LogP contribution in [0.3, 0.4) is 0 Å². The van der Waals surface area contributed by atoms with E-state index in [2.05, 4.69) is 40.7 Å². The predicted octanol–water partition coefficient (Wildman–Crippen LogP) is 4.02. The molecule has 1 saturated heterocycles. The number of aromatic nitrogens is 2. The van der Waals surface area contributed by atoms with E-state index in [1.54, 1.807) is 12.1 Å². The number of hydrogen-bond acceptors (Lipinski definition) is 3. The van der Waals surface area contributed by atoms with Gasteiger partial charge in [-0.1, -0.05) is 42.0 Å². The summed E-state index contributed by atoms with van der Waals surface area (Å²) in [6.07, 6.45) is 3.85. The topological polar surface area (TPSA) is 41.4 Å². The van der Waals surface area contributed by atoms with Crippen LogP contribution in [0.4, 0.5) is 10.1 Å². The Labute approximate surface area is 182 Å². The molecule has 6 heteroatoms. The van der Waals surface area contributed by atoms with E-state index < -0.39 is 0 Å². The van der Waals surface area contributed by atoms with Gasteiger partial charge in [0.05, 0.1) is 5.69 Å². The third kappa shape index (κ3) is 3.94. The fraction of sp³-hybridized carbons (Fsp3) is 0.360. The minimum Gasteiger partial charge on any atom is -0.366 e. The van der Waals surface area contributed by atoms with Gasteiger partial charge in [-0.3, -0.25) is 4.79 Å². The first-order valence-electron chi connectivity index (χ1n) is 11.0. The summed E-state index contributed by atoms with van der Waals surface area (Å²) in [7, 11) is 0. The second-order valence-electron chi connectivity index (χ2n) is 8.58. The minimum atomic E-state index is -0.216. The lowest BCUT2D eigenvalue weighted by Gasteiger charge is -2.35. The van der Waals surface area contributed by atoms with Crippen LogP contribution in [0.25, 0.3) is 0 Å². The van der Waals surface area contributed by atoms with Crippen LogP contribution in [0.15, 0.2) is 54.7 Å². The van der Waals surface area contributed by atoms with Gasteiger partial charge in [0.25, 0.3) is 5.91 Å². The Morgan fingerprint density at radius 2 is 1.87 bits per heavy atom. The highest BCUT2D eigenvalue weighted by Gasteiger charge is 2.28. The quantitative estimate of drug-likeness (QED) is 0.645. The molecular weight excluding hydrogens is 391 g/mol. The Bertz CT molecular complexity index is 1100. The summed E-state index contributed by atoms with van der Waals surface area (Å²) in [5, 5.41) is 0. The zero-order chi connectivity index (χ0) is 21.4. The number of carbonyl (C=O) groups excluding carboxylic acids is 1. The number of rotatable bonds is 3. The van der Waals surface area contributed by atoms with Gasteiger partial charge in [-0.05, 0) is 31.0 Å². The molecule has 1 unspecified atom stereocenters. The molecule has 0 saturated carbocycles. The Kier molecular flexibility index (Phi) is 5.22. The largest absolute Gasteiger partial charge is 0.366 e. The molecular formula is C25H27FN4O. The van der Waals surface area contributed by atoms with Crippen molar-refractivity contribution in [2.45, 2.75) is 32.2 Å². The van der Waals surface area contributed by atoms with E-state index >= 15 is 0 Å². The van der Waals surface area contributed by atoms with E-state index in [0.717, 1.165) is 25.2 Å². The van der Waals surface area contributed by atoms with Crippen molar-refractivity contribution >= 4 is 11.6 Å². The van der Waals surface area contributed by atoms with Crippen LogP contribution < -0.4 is 4.90 Å². The van der Waals surface area contributed by atoms with E-state index in [-0.39, 0.29) is 11.7 Å². The molecule has 1 atom stereocenters. The second-order valence-corrected chi connectivity index (χ2v) is 8.58. The zero-order valence-corrected chi connectivity index (χ0v) is 17.8. The molecule has 1 aromatic heterocycles. The van der Waals surface area contributed by atoms with Gasteiger partial charge in [0.1, 0.15) is 17.3 Å². The third-order valence-corrected chi connectivity index (χ3v) is 6.49. The first-order valence-corrected chi connectivity index (χ1v) is 11.0. The average molecular weight is 419 g/mol. The van der Waals surface area contributed by atoms with Crippen molar-refractivity contribution in [1.82, 2.24) is 14.5 Å². The lowest BCUT2D eigenvalue weighted by Crippen LogP contribution is -2.49. The number of nitrogens with zero attached hydrogens (tertiary/aromatic N) is 4. The fourth-order valence-corrected chi connectivity index (χ4v) is 4.76. The number of amides is 1. The molecule has 0 radical (unpaired) electrons. The Morgan fingerprint density at radius 3 is 2.65 bits per heavy atom. The summed E-state index contributed by atoms with van der Waals surface area (Å²) in [4.78, 5) is 21.6. The summed E-state index contributed by atoms with van der Waals surface area (Å²) in [5.41, 5.74) is 3.77. The number of aryl methyl sites for hydroxylation is 2. The first-order chi connectivity index (χ1) is 15.1. The van der Waals surface area contributed by atoms with E-state index in [4.69, 9.17) is 0 Å². The number of fused-ring (bicyclic) bond motifs is 1. The van der Waals surface area contributed by atoms with Gasteiger partial charge in [0.2, 0.25) is 0 Å². The monoisotopic (exact) mass is 418 g/mol. The van der Waals surface area contributed by atoms with Crippen LogP contribution in [0.1, 0.15) is 39.8 Å².